The van der Waals surface area contributed by atoms with Crippen LogP contribution in [-0.2, 0) is 19.9 Å². The summed E-state index contributed by atoms with van der Waals surface area (Å²) >= 11 is 0. The molecule has 0 aliphatic heterocycles. The van der Waals surface area contributed by atoms with Gasteiger partial charge < -0.3 is 19.7 Å². The molecule has 5 nitrogen and oxygen atoms in total. The first kappa shape index (κ1) is 21.4. The molecule has 0 unspecified atom stereocenters. The van der Waals surface area contributed by atoms with Gasteiger partial charge in [0.1, 0.15) is 11.4 Å². The van der Waals surface area contributed by atoms with Gasteiger partial charge in [0.15, 0.2) is 0 Å². The monoisotopic (exact) mass is 403 g/mol. The lowest BCUT2D eigenvalue weighted by atomic mass is 9.80. The van der Waals surface area contributed by atoms with Gasteiger partial charge in [0, 0.05) is 18.8 Å². The molecule has 0 aliphatic rings. The number of carboxylic acids is 1. The van der Waals surface area contributed by atoms with E-state index in [0.29, 0.717) is 0 Å². The van der Waals surface area contributed by atoms with E-state index < -0.39 is 29.9 Å². The van der Waals surface area contributed by atoms with Gasteiger partial charge in [0.25, 0.3) is 0 Å². The molecule has 30 heavy (non-hydrogen) atoms. The molecule has 0 aliphatic carbocycles. The average Bonchev–Trinajstić information content (AvgIpc) is 2.76. The Morgan fingerprint density at radius 3 is 1.57 bits per heavy atom. The van der Waals surface area contributed by atoms with Crippen LogP contribution in [0.4, 0.5) is 0 Å². The maximum atomic E-state index is 11.8. The molecule has 5 heteroatoms. The number of hydrogen-bond donors (Lipinski definition) is 1. The van der Waals surface area contributed by atoms with Crippen molar-refractivity contribution in [2.24, 2.45) is 0 Å². The van der Waals surface area contributed by atoms with Crippen LogP contribution in [0.1, 0.15) is 29.5 Å². The Morgan fingerprint density at radius 2 is 1.20 bits per heavy atom. The molecular weight excluding hydrogens is 380 g/mol. The Bertz CT molecular complexity index is 858. The van der Waals surface area contributed by atoms with E-state index in [4.69, 9.17) is 4.74 Å². The number of carboxylic acid groups (broad SMARTS) is 1. The first-order chi connectivity index (χ1) is 14.5. The lowest BCUT2D eigenvalue weighted by molar-refractivity contribution is -0.304. The van der Waals surface area contributed by atoms with Gasteiger partial charge in [-0.3, -0.25) is 4.79 Å². The van der Waals surface area contributed by atoms with Crippen LogP contribution in [0.5, 0.6) is 0 Å². The lowest BCUT2D eigenvalue weighted by Gasteiger charge is -2.36. The minimum atomic E-state index is -1.46. The van der Waals surface area contributed by atoms with Crippen LogP contribution in [0.3, 0.4) is 0 Å². The van der Waals surface area contributed by atoms with Crippen molar-refractivity contribution in [2.45, 2.75) is 24.5 Å². The molecule has 0 amide bonds. The predicted molar refractivity (Wildman–Crippen MR) is 110 cm³/mol. The SMILES string of the molecule is O=C([O-])CC(=O)C[C@H](O)COC(c1ccccc1)(c1ccccc1)c1ccccc1. The maximum absolute atomic E-state index is 11.8. The second-order valence-electron chi connectivity index (χ2n) is 7.04. The summed E-state index contributed by atoms with van der Waals surface area (Å²) in [6.07, 6.45) is -2.19. The Labute approximate surface area is 175 Å². The number of aliphatic carboxylic acids is 1. The third-order valence-electron chi connectivity index (χ3n) is 4.84. The predicted octanol–water partition coefficient (Wildman–Crippen LogP) is 2.46. The van der Waals surface area contributed by atoms with E-state index in [-0.39, 0.29) is 13.0 Å². The van der Waals surface area contributed by atoms with E-state index in [1.165, 1.54) is 0 Å². The van der Waals surface area contributed by atoms with E-state index in [2.05, 4.69) is 0 Å². The molecule has 0 fully saturated rings. The van der Waals surface area contributed by atoms with E-state index in [1.807, 2.05) is 91.0 Å². The van der Waals surface area contributed by atoms with Gasteiger partial charge in [-0.25, -0.2) is 0 Å². The van der Waals surface area contributed by atoms with Crippen molar-refractivity contribution in [3.05, 3.63) is 108 Å². The van der Waals surface area contributed by atoms with Gasteiger partial charge in [0.05, 0.1) is 12.7 Å². The summed E-state index contributed by atoms with van der Waals surface area (Å²) in [6.45, 7) is -0.155. The fourth-order valence-electron chi connectivity index (χ4n) is 3.54. The maximum Gasteiger partial charge on any atom is 0.143 e. The van der Waals surface area contributed by atoms with Crippen molar-refractivity contribution in [1.82, 2.24) is 0 Å². The van der Waals surface area contributed by atoms with Crippen LogP contribution < -0.4 is 5.11 Å². The molecule has 1 N–H and O–H groups in total. The first-order valence-electron chi connectivity index (χ1n) is 9.72. The molecule has 3 aromatic rings. The number of hydrogen-bond acceptors (Lipinski definition) is 5. The van der Waals surface area contributed by atoms with E-state index in [9.17, 15) is 19.8 Å². The zero-order valence-electron chi connectivity index (χ0n) is 16.4. The smallest absolute Gasteiger partial charge is 0.143 e. The van der Waals surface area contributed by atoms with Gasteiger partial charge >= 0.3 is 0 Å². The summed E-state index contributed by atoms with van der Waals surface area (Å²) < 4.78 is 6.39. The number of carbonyl (C=O) groups excluding carboxylic acids is 2. The van der Waals surface area contributed by atoms with Crippen molar-refractivity contribution in [3.8, 4) is 0 Å². The van der Waals surface area contributed by atoms with Gasteiger partial charge in [0.2, 0.25) is 0 Å². The zero-order chi connectivity index (χ0) is 21.4. The van der Waals surface area contributed by atoms with E-state index >= 15 is 0 Å². The number of rotatable bonds is 10. The second-order valence-corrected chi connectivity index (χ2v) is 7.04. The highest BCUT2D eigenvalue weighted by atomic mass is 16.5. The highest BCUT2D eigenvalue weighted by molar-refractivity contribution is 5.94. The molecule has 3 aromatic carbocycles. The van der Waals surface area contributed by atoms with Crippen LogP contribution in [0.15, 0.2) is 91.0 Å². The lowest BCUT2D eigenvalue weighted by Crippen LogP contribution is -2.36. The summed E-state index contributed by atoms with van der Waals surface area (Å²) in [5, 5.41) is 21.0. The van der Waals surface area contributed by atoms with Crippen molar-refractivity contribution >= 4 is 11.8 Å². The average molecular weight is 403 g/mol. The number of ketones is 1. The molecular formula is C25H23O5-. The standard InChI is InChI=1S/C25H24O5/c26-22(17-24(28)29)16-23(27)18-30-25(19-10-4-1-5-11-19,20-12-6-2-7-13-20)21-14-8-3-9-15-21/h1-15,23,27H,16-18H2,(H,28,29)/p-1/t23-/m0/s1. The molecule has 0 saturated heterocycles. The van der Waals surface area contributed by atoms with Gasteiger partial charge in [-0.15, -0.1) is 0 Å². The van der Waals surface area contributed by atoms with Crippen molar-refractivity contribution in [3.63, 3.8) is 0 Å². The number of carbonyl (C=O) groups is 2. The van der Waals surface area contributed by atoms with Crippen molar-refractivity contribution < 1.29 is 24.5 Å². The van der Waals surface area contributed by atoms with E-state index in [1.54, 1.807) is 0 Å². The number of aliphatic hydroxyl groups is 1. The van der Waals surface area contributed by atoms with Crippen LogP contribution in [0, 0.1) is 0 Å². The van der Waals surface area contributed by atoms with E-state index in [0.717, 1.165) is 16.7 Å². The first-order valence-corrected chi connectivity index (χ1v) is 9.72. The van der Waals surface area contributed by atoms with Gasteiger partial charge in [-0.1, -0.05) is 91.0 Å². The molecule has 0 aromatic heterocycles. The molecule has 0 heterocycles. The van der Waals surface area contributed by atoms with Crippen LogP contribution >= 0.6 is 0 Å². The number of aliphatic hydroxyl groups excluding tert-OH is 1. The van der Waals surface area contributed by atoms with Crippen molar-refractivity contribution in [1.29, 1.82) is 0 Å². The summed E-state index contributed by atoms with van der Waals surface area (Å²) in [5.41, 5.74) is 1.60. The molecule has 0 spiro atoms. The zero-order valence-corrected chi connectivity index (χ0v) is 16.4. The summed E-state index contributed by atoms with van der Waals surface area (Å²) in [5.74, 6) is -2.06. The summed E-state index contributed by atoms with van der Waals surface area (Å²) in [7, 11) is 0. The second kappa shape index (κ2) is 9.96. The Kier molecular flexibility index (Phi) is 7.12. The third-order valence-corrected chi connectivity index (χ3v) is 4.84. The molecule has 1 atom stereocenters. The number of ether oxygens (including phenoxy) is 1. The Hall–Kier alpha value is -3.28. The fourth-order valence-corrected chi connectivity index (χ4v) is 3.54. The summed E-state index contributed by atoms with van der Waals surface area (Å²) in [6, 6.07) is 29.0. The van der Waals surface area contributed by atoms with Gasteiger partial charge in [-0.2, -0.15) is 0 Å². The third kappa shape index (κ3) is 5.00. The Balaban J connectivity index is 1.99. The molecule has 0 saturated carbocycles. The highest BCUT2D eigenvalue weighted by Gasteiger charge is 2.38. The van der Waals surface area contributed by atoms with Crippen molar-refractivity contribution in [2.75, 3.05) is 6.61 Å². The number of Topliss-reactive ketones (excluding diaryl/α,β-unsaturated/α-hetero) is 1. The highest BCUT2D eigenvalue weighted by Crippen LogP contribution is 2.40. The number of benzene rings is 3. The normalized spacial score (nSPS) is 12.3. The minimum Gasteiger partial charge on any atom is -0.550 e. The Morgan fingerprint density at radius 1 is 0.800 bits per heavy atom. The quantitative estimate of drug-likeness (QED) is 0.415. The molecule has 0 radical (unpaired) electrons. The van der Waals surface area contributed by atoms with Gasteiger partial charge in [-0.05, 0) is 16.7 Å². The summed E-state index contributed by atoms with van der Waals surface area (Å²) in [4.78, 5) is 22.4. The molecule has 154 valence electrons. The van der Waals surface area contributed by atoms with Crippen LogP contribution in [0.2, 0.25) is 0 Å². The molecule has 3 rings (SSSR count). The minimum absolute atomic E-state index is 0.155. The topological polar surface area (TPSA) is 86.7 Å². The molecule has 0 bridgehead atoms. The fraction of sp³-hybridized carbons (Fsp3) is 0.200. The van der Waals surface area contributed by atoms with Crippen LogP contribution in [-0.4, -0.2) is 29.6 Å². The largest absolute Gasteiger partial charge is 0.550 e. The van der Waals surface area contributed by atoms with Crippen LogP contribution in [0.25, 0.3) is 0 Å².